The zero-order chi connectivity index (χ0) is 23.6. The minimum absolute atomic E-state index is 0.0631. The number of rotatable bonds is 6. The highest BCUT2D eigenvalue weighted by molar-refractivity contribution is 7.12. The van der Waals surface area contributed by atoms with Gasteiger partial charge in [0.1, 0.15) is 5.69 Å². The molecule has 1 fully saturated rings. The van der Waals surface area contributed by atoms with Gasteiger partial charge in [-0.15, -0.1) is 11.3 Å². The molecule has 7 nitrogen and oxygen atoms in total. The smallest absolute Gasteiger partial charge is 0.362 e. The Labute approximate surface area is 186 Å². The first-order chi connectivity index (χ1) is 15.0. The van der Waals surface area contributed by atoms with Gasteiger partial charge in [-0.2, -0.15) is 13.2 Å². The van der Waals surface area contributed by atoms with Crippen molar-refractivity contribution in [3.05, 3.63) is 55.3 Å². The van der Waals surface area contributed by atoms with E-state index in [0.29, 0.717) is 11.6 Å². The van der Waals surface area contributed by atoms with E-state index in [1.54, 1.807) is 9.80 Å². The lowest BCUT2D eigenvalue weighted by molar-refractivity contribution is -0.384. The van der Waals surface area contributed by atoms with Crippen molar-refractivity contribution >= 4 is 34.4 Å². The minimum Gasteiger partial charge on any atom is -0.362 e. The van der Waals surface area contributed by atoms with Crippen LogP contribution in [-0.4, -0.2) is 47.7 Å². The van der Waals surface area contributed by atoms with E-state index < -0.39 is 22.4 Å². The summed E-state index contributed by atoms with van der Waals surface area (Å²) in [5.74, 6) is -0.274. The average Bonchev–Trinajstić information content (AvgIpc) is 3.08. The third-order valence-electron chi connectivity index (χ3n) is 5.38. The molecule has 2 heterocycles. The van der Waals surface area contributed by atoms with Gasteiger partial charge in [0.25, 0.3) is 5.69 Å². The lowest BCUT2D eigenvalue weighted by atomic mass is 10.1. The van der Waals surface area contributed by atoms with Crippen molar-refractivity contribution in [3.8, 4) is 0 Å². The molecule has 1 aromatic carbocycles. The Morgan fingerprint density at radius 1 is 1.09 bits per heavy atom. The molecule has 2 aromatic rings. The molecule has 0 bridgehead atoms. The van der Waals surface area contributed by atoms with Gasteiger partial charge < -0.3 is 9.80 Å². The molecule has 172 valence electrons. The van der Waals surface area contributed by atoms with Crippen LogP contribution in [0.15, 0.2) is 24.3 Å². The van der Waals surface area contributed by atoms with E-state index in [1.807, 2.05) is 19.9 Å². The summed E-state index contributed by atoms with van der Waals surface area (Å²) in [6, 6.07) is 4.27. The number of ketones is 1. The SMILES string of the molecule is Cc1cc(C(=O)CCC(=O)N2CCN(c3ccc(C(F)(F)F)cc3[N+](=O)[O-])CC2)c(C)s1. The van der Waals surface area contributed by atoms with Crippen LogP contribution in [-0.2, 0) is 11.0 Å². The number of Topliss-reactive ketones (excluding diaryl/α,β-unsaturated/α-hetero) is 1. The van der Waals surface area contributed by atoms with E-state index in [4.69, 9.17) is 0 Å². The van der Waals surface area contributed by atoms with Crippen molar-refractivity contribution in [1.29, 1.82) is 0 Å². The maximum atomic E-state index is 12.9. The van der Waals surface area contributed by atoms with E-state index in [1.165, 1.54) is 11.3 Å². The molecule has 0 saturated carbocycles. The fraction of sp³-hybridized carbons (Fsp3) is 0.429. The van der Waals surface area contributed by atoms with Gasteiger partial charge >= 0.3 is 6.18 Å². The van der Waals surface area contributed by atoms with Crippen molar-refractivity contribution in [2.24, 2.45) is 0 Å². The number of nitro groups is 1. The molecule has 1 saturated heterocycles. The number of hydrogen-bond acceptors (Lipinski definition) is 6. The van der Waals surface area contributed by atoms with Crippen molar-refractivity contribution < 1.29 is 27.7 Å². The number of thiophene rings is 1. The monoisotopic (exact) mass is 469 g/mol. The van der Waals surface area contributed by atoms with Gasteiger partial charge in [0.05, 0.1) is 10.5 Å². The van der Waals surface area contributed by atoms with Crippen LogP contribution in [0.2, 0.25) is 0 Å². The standard InChI is InChI=1S/C21H22F3N3O4S/c1-13-11-16(14(2)32-13)19(28)5-6-20(29)26-9-7-25(8-10-26)17-4-3-15(21(22,23)24)12-18(17)27(30)31/h3-4,11-12H,5-10H2,1-2H3. The molecule has 32 heavy (non-hydrogen) atoms. The molecule has 0 radical (unpaired) electrons. The molecule has 0 atom stereocenters. The number of carbonyl (C=O) groups excluding carboxylic acids is 2. The lowest BCUT2D eigenvalue weighted by Gasteiger charge is -2.36. The quantitative estimate of drug-likeness (QED) is 0.351. The van der Waals surface area contributed by atoms with E-state index in [9.17, 15) is 32.9 Å². The second-order valence-corrected chi connectivity index (χ2v) is 9.04. The molecule has 3 rings (SSSR count). The van der Waals surface area contributed by atoms with Crippen LogP contribution in [0.5, 0.6) is 0 Å². The average molecular weight is 469 g/mol. The summed E-state index contributed by atoms with van der Waals surface area (Å²) in [5, 5.41) is 11.3. The topological polar surface area (TPSA) is 83.8 Å². The molecule has 0 spiro atoms. The summed E-state index contributed by atoms with van der Waals surface area (Å²) in [5.41, 5.74) is -0.970. The maximum Gasteiger partial charge on any atom is 0.416 e. The summed E-state index contributed by atoms with van der Waals surface area (Å²) >= 11 is 1.53. The molecule has 0 unspecified atom stereocenters. The predicted octanol–water partition coefficient (Wildman–Crippen LogP) is 4.60. The van der Waals surface area contributed by atoms with Gasteiger partial charge in [-0.05, 0) is 32.0 Å². The Morgan fingerprint density at radius 3 is 2.28 bits per heavy atom. The first-order valence-electron chi connectivity index (χ1n) is 9.96. The Balaban J connectivity index is 1.60. The Kier molecular flexibility index (Phi) is 6.87. The Hall–Kier alpha value is -2.95. The summed E-state index contributed by atoms with van der Waals surface area (Å²) in [7, 11) is 0. The summed E-state index contributed by atoms with van der Waals surface area (Å²) in [6.07, 6.45) is -4.51. The number of carbonyl (C=O) groups is 2. The normalized spacial score (nSPS) is 14.5. The lowest BCUT2D eigenvalue weighted by Crippen LogP contribution is -2.49. The van der Waals surface area contributed by atoms with E-state index in [-0.39, 0.29) is 56.4 Å². The highest BCUT2D eigenvalue weighted by Gasteiger charge is 2.34. The van der Waals surface area contributed by atoms with Crippen LogP contribution in [0.3, 0.4) is 0 Å². The third-order valence-corrected chi connectivity index (χ3v) is 6.35. The zero-order valence-corrected chi connectivity index (χ0v) is 18.4. The van der Waals surface area contributed by atoms with Crippen molar-refractivity contribution in [2.45, 2.75) is 32.9 Å². The summed E-state index contributed by atoms with van der Waals surface area (Å²) in [6.45, 7) is 4.81. The Bertz CT molecular complexity index is 1040. The minimum atomic E-state index is -4.67. The number of anilines is 1. The fourth-order valence-electron chi connectivity index (χ4n) is 3.73. The van der Waals surface area contributed by atoms with Crippen LogP contribution in [0, 0.1) is 24.0 Å². The number of benzene rings is 1. The summed E-state index contributed by atoms with van der Waals surface area (Å²) < 4.78 is 38.7. The molecular weight excluding hydrogens is 447 g/mol. The highest BCUT2D eigenvalue weighted by Crippen LogP contribution is 2.36. The molecule has 0 aliphatic carbocycles. The van der Waals surface area contributed by atoms with Crippen LogP contribution in [0.25, 0.3) is 0 Å². The second-order valence-electron chi connectivity index (χ2n) is 7.58. The predicted molar refractivity (Wildman–Crippen MR) is 114 cm³/mol. The molecule has 1 amide bonds. The van der Waals surface area contributed by atoms with Crippen LogP contribution >= 0.6 is 11.3 Å². The first kappa shape index (κ1) is 23.7. The van der Waals surface area contributed by atoms with Gasteiger partial charge in [0.2, 0.25) is 5.91 Å². The number of nitrogens with zero attached hydrogens (tertiary/aromatic N) is 3. The van der Waals surface area contributed by atoms with E-state index in [2.05, 4.69) is 0 Å². The number of aryl methyl sites for hydroxylation is 2. The highest BCUT2D eigenvalue weighted by atomic mass is 32.1. The Morgan fingerprint density at radius 2 is 1.75 bits per heavy atom. The number of amides is 1. The molecular formula is C21H22F3N3O4S. The molecule has 1 aliphatic rings. The molecule has 11 heteroatoms. The number of nitro benzene ring substituents is 1. The molecule has 0 N–H and O–H groups in total. The van der Waals surface area contributed by atoms with Crippen molar-refractivity contribution in [3.63, 3.8) is 0 Å². The van der Waals surface area contributed by atoms with Gasteiger partial charge in [0, 0.05) is 60.4 Å². The summed E-state index contributed by atoms with van der Waals surface area (Å²) in [4.78, 5) is 40.5. The maximum absolute atomic E-state index is 12.9. The van der Waals surface area contributed by atoms with Gasteiger partial charge in [0.15, 0.2) is 5.78 Å². The van der Waals surface area contributed by atoms with Crippen LogP contribution in [0.4, 0.5) is 24.5 Å². The molecule has 1 aromatic heterocycles. The van der Waals surface area contributed by atoms with E-state index in [0.717, 1.165) is 21.9 Å². The van der Waals surface area contributed by atoms with Crippen molar-refractivity contribution in [2.75, 3.05) is 31.1 Å². The first-order valence-corrected chi connectivity index (χ1v) is 10.8. The van der Waals surface area contributed by atoms with Gasteiger partial charge in [-0.25, -0.2) is 0 Å². The van der Waals surface area contributed by atoms with Gasteiger partial charge in [-0.3, -0.25) is 19.7 Å². The van der Waals surface area contributed by atoms with Crippen LogP contribution < -0.4 is 4.90 Å². The number of halogens is 3. The number of piperazine rings is 1. The second kappa shape index (κ2) is 9.27. The zero-order valence-electron chi connectivity index (χ0n) is 17.6. The van der Waals surface area contributed by atoms with E-state index >= 15 is 0 Å². The molecule has 1 aliphatic heterocycles. The largest absolute Gasteiger partial charge is 0.416 e. The van der Waals surface area contributed by atoms with Crippen LogP contribution in [0.1, 0.15) is 38.5 Å². The fourth-order valence-corrected chi connectivity index (χ4v) is 4.67. The third kappa shape index (κ3) is 5.26. The van der Waals surface area contributed by atoms with Gasteiger partial charge in [-0.1, -0.05) is 0 Å². The number of hydrogen-bond donors (Lipinski definition) is 0. The van der Waals surface area contributed by atoms with Crippen molar-refractivity contribution in [1.82, 2.24) is 4.90 Å². The number of alkyl halides is 3.